The molecule has 1 N–H and O–H groups in total. The van der Waals surface area contributed by atoms with Crippen molar-refractivity contribution in [3.05, 3.63) is 69.8 Å². The lowest BCUT2D eigenvalue weighted by Crippen LogP contribution is -2.65. The molecule has 4 nitrogen and oxygen atoms in total. The molecule has 4 rings (SSSR count). The summed E-state index contributed by atoms with van der Waals surface area (Å²) in [7, 11) is -3.12. The van der Waals surface area contributed by atoms with Crippen molar-refractivity contribution in [2.75, 3.05) is 13.2 Å². The van der Waals surface area contributed by atoms with Gasteiger partial charge in [0.05, 0.1) is 12.7 Å². The molecule has 0 saturated carbocycles. The average Bonchev–Trinajstić information content (AvgIpc) is 3.27. The summed E-state index contributed by atoms with van der Waals surface area (Å²) in [6.45, 7) is 12.0. The van der Waals surface area contributed by atoms with E-state index in [1.165, 1.54) is 9.15 Å². The Labute approximate surface area is 225 Å². The fraction of sp³-hybridized carbons (Fsp3) is 0.517. The average molecular weight is 607 g/mol. The van der Waals surface area contributed by atoms with E-state index < -0.39 is 14.1 Å². The number of hydrogen-bond acceptors (Lipinski definition) is 4. The van der Waals surface area contributed by atoms with Gasteiger partial charge in [-0.3, -0.25) is 0 Å². The quantitative estimate of drug-likeness (QED) is 0.219. The number of hydrogen-bond donors (Lipinski definition) is 1. The van der Waals surface area contributed by atoms with E-state index in [4.69, 9.17) is 14.2 Å². The molecule has 0 spiro atoms. The summed E-state index contributed by atoms with van der Waals surface area (Å²) in [6, 6.07) is 20.5. The SMILES string of the molecule is CCCCOCC1=C(I)[C@H](CC(C)(C)[Si](O)(c2ccccc2)c2ccccc2)[C@@H]2OC(C)(C)O[C@H]12. The van der Waals surface area contributed by atoms with E-state index in [2.05, 4.69) is 67.6 Å². The number of fused-ring (bicyclic) bond motifs is 1. The lowest BCUT2D eigenvalue weighted by Gasteiger charge is -2.43. The number of halogens is 1. The molecule has 3 atom stereocenters. The number of ether oxygens (including phenoxy) is 3. The third kappa shape index (κ3) is 5.34. The second-order valence-electron chi connectivity index (χ2n) is 10.9. The number of benzene rings is 2. The Bertz CT molecular complexity index is 982. The highest BCUT2D eigenvalue weighted by molar-refractivity contribution is 14.1. The van der Waals surface area contributed by atoms with E-state index in [-0.39, 0.29) is 23.2 Å². The normalized spacial score (nSPS) is 24.1. The Morgan fingerprint density at radius 3 is 2.11 bits per heavy atom. The molecule has 1 heterocycles. The third-order valence-electron chi connectivity index (χ3n) is 7.49. The second-order valence-corrected chi connectivity index (χ2v) is 16.0. The first-order valence-electron chi connectivity index (χ1n) is 12.8. The Kier molecular flexibility index (Phi) is 8.30. The van der Waals surface area contributed by atoms with Crippen LogP contribution in [0, 0.1) is 5.92 Å². The van der Waals surface area contributed by atoms with Gasteiger partial charge in [-0.05, 0) is 70.3 Å². The summed E-state index contributed by atoms with van der Waals surface area (Å²) in [5.74, 6) is -0.482. The lowest BCUT2D eigenvalue weighted by atomic mass is 9.93. The van der Waals surface area contributed by atoms with E-state index in [9.17, 15) is 4.80 Å². The first-order valence-corrected chi connectivity index (χ1v) is 15.8. The van der Waals surface area contributed by atoms with Gasteiger partial charge in [-0.15, -0.1) is 0 Å². The molecule has 0 radical (unpaired) electrons. The maximum atomic E-state index is 12.7. The highest BCUT2D eigenvalue weighted by Gasteiger charge is 2.57. The fourth-order valence-electron chi connectivity index (χ4n) is 5.66. The summed E-state index contributed by atoms with van der Waals surface area (Å²) < 4.78 is 20.2. The van der Waals surface area contributed by atoms with Crippen LogP contribution in [0.1, 0.15) is 53.9 Å². The topological polar surface area (TPSA) is 47.9 Å². The van der Waals surface area contributed by atoms with Crippen molar-refractivity contribution < 1.29 is 19.0 Å². The van der Waals surface area contributed by atoms with E-state index >= 15 is 0 Å². The lowest BCUT2D eigenvalue weighted by molar-refractivity contribution is -0.149. The number of rotatable bonds is 10. The van der Waals surface area contributed by atoms with Crippen LogP contribution in [0.15, 0.2) is 69.8 Å². The van der Waals surface area contributed by atoms with E-state index in [0.717, 1.165) is 36.2 Å². The van der Waals surface area contributed by atoms with Gasteiger partial charge in [-0.2, -0.15) is 0 Å². The van der Waals surface area contributed by atoms with Crippen LogP contribution < -0.4 is 10.4 Å². The zero-order valence-electron chi connectivity index (χ0n) is 21.6. The highest BCUT2D eigenvalue weighted by atomic mass is 127. The summed E-state index contributed by atoms with van der Waals surface area (Å²) in [6.07, 6.45) is 2.82. The third-order valence-corrected chi connectivity index (χ3v) is 13.5. The van der Waals surface area contributed by atoms with Crippen LogP contribution in [0.25, 0.3) is 0 Å². The van der Waals surface area contributed by atoms with Crippen LogP contribution in [0.5, 0.6) is 0 Å². The van der Waals surface area contributed by atoms with Crippen LogP contribution in [0.4, 0.5) is 0 Å². The molecule has 1 fully saturated rings. The minimum absolute atomic E-state index is 0.0641. The monoisotopic (exact) mass is 606 g/mol. The predicted octanol–water partition coefficient (Wildman–Crippen LogP) is 5.56. The Balaban J connectivity index is 1.69. The van der Waals surface area contributed by atoms with Crippen molar-refractivity contribution in [3.63, 3.8) is 0 Å². The first kappa shape index (κ1) is 27.0. The van der Waals surface area contributed by atoms with Gasteiger partial charge in [0.2, 0.25) is 0 Å². The molecule has 35 heavy (non-hydrogen) atoms. The van der Waals surface area contributed by atoms with Gasteiger partial charge in [0.15, 0.2) is 5.79 Å². The van der Waals surface area contributed by atoms with Gasteiger partial charge in [0.1, 0.15) is 6.10 Å². The molecule has 2 aromatic rings. The van der Waals surface area contributed by atoms with Crippen molar-refractivity contribution in [2.45, 2.75) is 76.9 Å². The molecule has 0 unspecified atom stereocenters. The zero-order chi connectivity index (χ0) is 25.3. The molecular formula is C29H39IO4Si. The molecule has 1 aliphatic carbocycles. The summed E-state index contributed by atoms with van der Waals surface area (Å²) in [5.41, 5.74) is 1.21. The molecule has 0 amide bonds. The Morgan fingerprint density at radius 1 is 1.00 bits per heavy atom. The van der Waals surface area contributed by atoms with Gasteiger partial charge < -0.3 is 19.0 Å². The van der Waals surface area contributed by atoms with Gasteiger partial charge in [-0.25, -0.2) is 0 Å². The van der Waals surface area contributed by atoms with E-state index in [0.29, 0.717) is 6.61 Å². The van der Waals surface area contributed by atoms with Gasteiger partial charge in [-0.1, -0.05) is 87.9 Å². The summed E-state index contributed by atoms with van der Waals surface area (Å²) in [5, 5.41) is 1.71. The van der Waals surface area contributed by atoms with Gasteiger partial charge in [0, 0.05) is 16.1 Å². The minimum atomic E-state index is -3.12. The van der Waals surface area contributed by atoms with Crippen molar-refractivity contribution >= 4 is 41.3 Å². The molecule has 1 saturated heterocycles. The molecule has 0 bridgehead atoms. The van der Waals surface area contributed by atoms with Crippen LogP contribution in [-0.4, -0.2) is 44.3 Å². The Hall–Kier alpha value is -1.03. The van der Waals surface area contributed by atoms with Crippen molar-refractivity contribution in [2.24, 2.45) is 5.92 Å². The second kappa shape index (κ2) is 10.8. The molecule has 1 aliphatic heterocycles. The molecule has 0 aromatic heterocycles. The Morgan fingerprint density at radius 2 is 1.57 bits per heavy atom. The van der Waals surface area contributed by atoms with Crippen molar-refractivity contribution in [3.8, 4) is 0 Å². The maximum absolute atomic E-state index is 12.7. The maximum Gasteiger partial charge on any atom is 0.258 e. The number of unbranched alkanes of at least 4 members (excludes halogenated alkanes) is 1. The molecule has 190 valence electrons. The smallest absolute Gasteiger partial charge is 0.258 e. The van der Waals surface area contributed by atoms with Crippen LogP contribution in [-0.2, 0) is 14.2 Å². The first-order chi connectivity index (χ1) is 16.6. The van der Waals surface area contributed by atoms with E-state index in [1.54, 1.807) is 0 Å². The summed E-state index contributed by atoms with van der Waals surface area (Å²) >= 11 is 2.49. The predicted molar refractivity (Wildman–Crippen MR) is 153 cm³/mol. The van der Waals surface area contributed by atoms with Crippen molar-refractivity contribution in [1.82, 2.24) is 0 Å². The standard InChI is InChI=1S/C29H39IO4Si/c1-6-7-18-32-20-24-25(30)23(26-27(24)34-29(4,5)33-26)19-28(2,3)35(31,21-14-10-8-11-15-21)22-16-12-9-13-17-22/h8-17,23,26-27,31H,6-7,18-20H2,1-5H3/t23-,26-,27+/m0/s1. The van der Waals surface area contributed by atoms with Crippen LogP contribution in [0.3, 0.4) is 0 Å². The molecule has 6 heteroatoms. The largest absolute Gasteiger partial charge is 0.424 e. The van der Waals surface area contributed by atoms with Gasteiger partial charge in [0.25, 0.3) is 8.32 Å². The van der Waals surface area contributed by atoms with Gasteiger partial charge >= 0.3 is 0 Å². The summed E-state index contributed by atoms with van der Waals surface area (Å²) in [4.78, 5) is 12.7. The fourth-order valence-corrected chi connectivity index (χ4v) is 10.5. The zero-order valence-corrected chi connectivity index (χ0v) is 24.7. The minimum Gasteiger partial charge on any atom is -0.424 e. The molecular weight excluding hydrogens is 567 g/mol. The molecule has 2 aliphatic rings. The van der Waals surface area contributed by atoms with Crippen LogP contribution >= 0.6 is 22.6 Å². The van der Waals surface area contributed by atoms with E-state index in [1.807, 2.05) is 50.2 Å². The van der Waals surface area contributed by atoms with Crippen molar-refractivity contribution in [1.29, 1.82) is 0 Å². The van der Waals surface area contributed by atoms with Crippen LogP contribution in [0.2, 0.25) is 5.04 Å². The highest BCUT2D eigenvalue weighted by Crippen LogP contribution is 2.53. The molecule has 2 aromatic carbocycles.